The van der Waals surface area contributed by atoms with Gasteiger partial charge in [-0.25, -0.2) is 9.18 Å². The molecule has 0 N–H and O–H groups in total. The molecule has 1 aliphatic rings. The van der Waals surface area contributed by atoms with Crippen LogP contribution in [0.1, 0.15) is 29.4 Å². The highest BCUT2D eigenvalue weighted by Gasteiger charge is 2.29. The van der Waals surface area contributed by atoms with Crippen LogP contribution in [0.2, 0.25) is 0 Å². The van der Waals surface area contributed by atoms with Crippen molar-refractivity contribution < 1.29 is 4.39 Å². The molecule has 5 nitrogen and oxygen atoms in total. The van der Waals surface area contributed by atoms with E-state index in [0.717, 1.165) is 12.0 Å². The smallest absolute Gasteiger partial charge is 0.271 e. The lowest BCUT2D eigenvalue weighted by atomic mass is 10.1. The van der Waals surface area contributed by atoms with Gasteiger partial charge in [0.2, 0.25) is 0 Å². The third kappa shape index (κ3) is 2.14. The van der Waals surface area contributed by atoms with Crippen LogP contribution in [-0.2, 0) is 6.42 Å². The van der Waals surface area contributed by atoms with Gasteiger partial charge in [-0.15, -0.1) is 5.10 Å². The van der Waals surface area contributed by atoms with Crippen molar-refractivity contribution in [2.24, 2.45) is 0 Å². The summed E-state index contributed by atoms with van der Waals surface area (Å²) in [5, 5.41) is 13.3. The molecule has 0 spiro atoms. The van der Waals surface area contributed by atoms with Crippen LogP contribution in [0.4, 0.5) is 4.39 Å². The number of nitriles is 1. The summed E-state index contributed by atoms with van der Waals surface area (Å²) in [6, 6.07) is 15.5. The molecule has 0 unspecified atom stereocenters. The van der Waals surface area contributed by atoms with Crippen molar-refractivity contribution in [2.45, 2.75) is 18.9 Å². The van der Waals surface area contributed by atoms with E-state index in [1.807, 2.05) is 30.3 Å². The number of benzene rings is 2. The second kappa shape index (κ2) is 5.46. The van der Waals surface area contributed by atoms with Crippen LogP contribution in [0.25, 0.3) is 5.69 Å². The van der Waals surface area contributed by atoms with Gasteiger partial charge in [-0.2, -0.15) is 9.94 Å². The molecule has 1 aromatic heterocycles. The Labute approximate surface area is 137 Å². The first-order valence-electron chi connectivity index (χ1n) is 7.64. The number of hydrogen-bond donors (Lipinski definition) is 0. The molecular formula is C18H13FN4O. The fraction of sp³-hybridized carbons (Fsp3) is 0.167. The van der Waals surface area contributed by atoms with Crippen molar-refractivity contribution in [3.63, 3.8) is 0 Å². The third-order valence-electron chi connectivity index (χ3n) is 4.33. The molecule has 0 radical (unpaired) electrons. The van der Waals surface area contributed by atoms with Gasteiger partial charge >= 0.3 is 5.69 Å². The Morgan fingerprint density at radius 3 is 2.75 bits per heavy atom. The average molecular weight is 320 g/mol. The first-order chi connectivity index (χ1) is 11.7. The third-order valence-corrected chi connectivity index (χ3v) is 4.33. The van der Waals surface area contributed by atoms with Crippen molar-refractivity contribution >= 4 is 0 Å². The standard InChI is InChI=1S/C18H13FN4O/c19-15-7-6-14(10-13(15)11-20)23-18(24)22-16(8-9-17(22)21-23)12-4-2-1-3-5-12/h1-7,10,16H,8-9H2/t16-/m0/s1. The molecule has 0 saturated heterocycles. The van der Waals surface area contributed by atoms with Crippen molar-refractivity contribution in [1.82, 2.24) is 14.3 Å². The van der Waals surface area contributed by atoms with Gasteiger partial charge in [0.05, 0.1) is 17.3 Å². The van der Waals surface area contributed by atoms with Gasteiger partial charge in [-0.05, 0) is 30.2 Å². The summed E-state index contributed by atoms with van der Waals surface area (Å²) in [5.74, 6) is 0.0971. The molecule has 0 aliphatic carbocycles. The molecule has 0 saturated carbocycles. The number of fused-ring (bicyclic) bond motifs is 1. The zero-order chi connectivity index (χ0) is 16.7. The molecule has 1 atom stereocenters. The fourth-order valence-corrected chi connectivity index (χ4v) is 3.19. The Kier molecular flexibility index (Phi) is 3.28. The zero-order valence-corrected chi connectivity index (χ0v) is 12.7. The monoisotopic (exact) mass is 320 g/mol. The largest absolute Gasteiger partial charge is 0.351 e. The van der Waals surface area contributed by atoms with Crippen LogP contribution in [0.15, 0.2) is 53.3 Å². The lowest BCUT2D eigenvalue weighted by molar-refractivity contribution is 0.587. The minimum atomic E-state index is -0.608. The topological polar surface area (TPSA) is 63.6 Å². The van der Waals surface area contributed by atoms with Gasteiger partial charge in [-0.3, -0.25) is 4.57 Å². The van der Waals surface area contributed by atoms with Gasteiger partial charge in [-0.1, -0.05) is 30.3 Å². The number of hydrogen-bond acceptors (Lipinski definition) is 3. The lowest BCUT2D eigenvalue weighted by Gasteiger charge is -2.11. The maximum absolute atomic E-state index is 13.5. The van der Waals surface area contributed by atoms with Crippen LogP contribution in [0, 0.1) is 17.1 Å². The molecule has 0 fully saturated rings. The molecule has 3 aromatic rings. The predicted molar refractivity (Wildman–Crippen MR) is 85.4 cm³/mol. The molecule has 0 amide bonds. The number of aromatic nitrogens is 3. The fourth-order valence-electron chi connectivity index (χ4n) is 3.19. The minimum absolute atomic E-state index is 0.0432. The van der Waals surface area contributed by atoms with E-state index in [2.05, 4.69) is 5.10 Å². The van der Waals surface area contributed by atoms with Crippen molar-refractivity contribution in [1.29, 1.82) is 5.26 Å². The number of nitrogens with zero attached hydrogens (tertiary/aromatic N) is 4. The van der Waals surface area contributed by atoms with E-state index in [4.69, 9.17) is 5.26 Å². The second-order valence-corrected chi connectivity index (χ2v) is 5.72. The van der Waals surface area contributed by atoms with Gasteiger partial charge in [0.15, 0.2) is 0 Å². The molecule has 1 aliphatic heterocycles. The maximum Gasteiger partial charge on any atom is 0.351 e. The quantitative estimate of drug-likeness (QED) is 0.729. The minimum Gasteiger partial charge on any atom is -0.271 e. The number of rotatable bonds is 2. The highest BCUT2D eigenvalue weighted by Crippen LogP contribution is 2.29. The highest BCUT2D eigenvalue weighted by molar-refractivity contribution is 5.41. The number of halogens is 1. The van der Waals surface area contributed by atoms with Crippen molar-refractivity contribution in [3.05, 3.63) is 81.8 Å². The van der Waals surface area contributed by atoms with E-state index in [0.29, 0.717) is 17.9 Å². The normalized spacial score (nSPS) is 15.9. The van der Waals surface area contributed by atoms with Gasteiger partial charge in [0, 0.05) is 6.42 Å². The van der Waals surface area contributed by atoms with E-state index in [1.54, 1.807) is 10.6 Å². The summed E-state index contributed by atoms with van der Waals surface area (Å²) < 4.78 is 16.4. The SMILES string of the molecule is N#Cc1cc(-n2nc3n(c2=O)[C@H](c2ccccc2)CC3)ccc1F. The van der Waals surface area contributed by atoms with E-state index in [1.165, 1.54) is 22.9 Å². The van der Waals surface area contributed by atoms with E-state index < -0.39 is 5.82 Å². The Morgan fingerprint density at radius 2 is 2.00 bits per heavy atom. The molecule has 4 rings (SSSR count). The Bertz CT molecular complexity index is 1010. The molecule has 0 bridgehead atoms. The first-order valence-corrected chi connectivity index (χ1v) is 7.64. The summed E-state index contributed by atoms with van der Waals surface area (Å²) in [6.07, 6.45) is 1.53. The Hall–Kier alpha value is -3.20. The Balaban J connectivity index is 1.83. The van der Waals surface area contributed by atoms with Crippen molar-refractivity contribution in [3.8, 4) is 11.8 Å². The van der Waals surface area contributed by atoms with Crippen LogP contribution < -0.4 is 5.69 Å². The summed E-state index contributed by atoms with van der Waals surface area (Å²) in [6.45, 7) is 0. The van der Waals surface area contributed by atoms with Crippen LogP contribution >= 0.6 is 0 Å². The lowest BCUT2D eigenvalue weighted by Crippen LogP contribution is -2.26. The second-order valence-electron chi connectivity index (χ2n) is 5.72. The van der Waals surface area contributed by atoms with Crippen LogP contribution in [-0.4, -0.2) is 14.3 Å². The highest BCUT2D eigenvalue weighted by atomic mass is 19.1. The Morgan fingerprint density at radius 1 is 1.21 bits per heavy atom. The van der Waals surface area contributed by atoms with Gasteiger partial charge in [0.1, 0.15) is 17.7 Å². The molecule has 24 heavy (non-hydrogen) atoms. The van der Waals surface area contributed by atoms with Gasteiger partial charge in [0.25, 0.3) is 0 Å². The summed E-state index contributed by atoms with van der Waals surface area (Å²) >= 11 is 0. The summed E-state index contributed by atoms with van der Waals surface area (Å²) in [7, 11) is 0. The molecule has 6 heteroatoms. The predicted octanol–water partition coefficient (Wildman–Crippen LogP) is 2.58. The van der Waals surface area contributed by atoms with E-state index in [-0.39, 0.29) is 17.3 Å². The van der Waals surface area contributed by atoms with Crippen molar-refractivity contribution in [2.75, 3.05) is 0 Å². The molecule has 2 aromatic carbocycles. The zero-order valence-electron chi connectivity index (χ0n) is 12.7. The molecule has 2 heterocycles. The van der Waals surface area contributed by atoms with Crippen LogP contribution in [0.5, 0.6) is 0 Å². The van der Waals surface area contributed by atoms with Gasteiger partial charge < -0.3 is 0 Å². The molecule has 118 valence electrons. The average Bonchev–Trinajstić information content (AvgIpc) is 3.17. The summed E-state index contributed by atoms with van der Waals surface area (Å²) in [4.78, 5) is 12.8. The number of aryl methyl sites for hydroxylation is 1. The van der Waals surface area contributed by atoms with Crippen LogP contribution in [0.3, 0.4) is 0 Å². The summed E-state index contributed by atoms with van der Waals surface area (Å²) in [5.41, 5.74) is 1.08. The van der Waals surface area contributed by atoms with E-state index in [9.17, 15) is 9.18 Å². The molecular weight excluding hydrogens is 307 g/mol. The first kappa shape index (κ1) is 14.4. The maximum atomic E-state index is 13.5. The van der Waals surface area contributed by atoms with E-state index >= 15 is 0 Å².